The van der Waals surface area contributed by atoms with Gasteiger partial charge in [0.2, 0.25) is 0 Å². The highest BCUT2D eigenvalue weighted by Gasteiger charge is 2.28. The third-order valence-electron chi connectivity index (χ3n) is 4.78. The number of carbonyl (C=O) groups is 1. The Balaban J connectivity index is 1.81. The summed E-state index contributed by atoms with van der Waals surface area (Å²) in [4.78, 5) is 24.8. The lowest BCUT2D eigenvalue weighted by Gasteiger charge is -2.31. The molecule has 1 atom stereocenters. The summed E-state index contributed by atoms with van der Waals surface area (Å²) in [6, 6.07) is 13.5. The van der Waals surface area contributed by atoms with Crippen LogP contribution in [0.5, 0.6) is 0 Å². The van der Waals surface area contributed by atoms with E-state index in [4.69, 9.17) is 11.6 Å². The van der Waals surface area contributed by atoms with Crippen molar-refractivity contribution in [2.45, 2.75) is 26.8 Å². The van der Waals surface area contributed by atoms with E-state index in [9.17, 15) is 4.79 Å². The molecular formula is C22H25ClN4OS. The molecule has 1 unspecified atom stereocenters. The number of thiazole rings is 1. The van der Waals surface area contributed by atoms with Crippen molar-refractivity contribution in [3.8, 4) is 11.3 Å². The molecule has 29 heavy (non-hydrogen) atoms. The largest absolute Gasteiger partial charge is 0.368 e. The minimum absolute atomic E-state index is 0.00833. The number of anilines is 1. The summed E-state index contributed by atoms with van der Waals surface area (Å²) in [7, 11) is 1.85. The van der Waals surface area contributed by atoms with Gasteiger partial charge in [-0.3, -0.25) is 4.79 Å². The molecule has 0 bridgehead atoms. The average Bonchev–Trinajstić information content (AvgIpc) is 3.11. The number of rotatable bonds is 7. The van der Waals surface area contributed by atoms with Gasteiger partial charge < -0.3 is 10.2 Å². The van der Waals surface area contributed by atoms with Gasteiger partial charge in [0, 0.05) is 25.4 Å². The highest BCUT2D eigenvalue weighted by Crippen LogP contribution is 2.30. The quantitative estimate of drug-likeness (QED) is 0.549. The molecule has 0 fully saturated rings. The molecule has 0 aliphatic carbocycles. The van der Waals surface area contributed by atoms with E-state index in [0.717, 1.165) is 22.1 Å². The Morgan fingerprint density at radius 1 is 1.21 bits per heavy atom. The molecule has 1 aromatic carbocycles. The molecule has 0 spiro atoms. The Morgan fingerprint density at radius 3 is 2.55 bits per heavy atom. The van der Waals surface area contributed by atoms with E-state index in [1.807, 2.05) is 55.3 Å². The Hall–Kier alpha value is -2.44. The normalized spacial score (nSPS) is 12.1. The van der Waals surface area contributed by atoms with E-state index in [0.29, 0.717) is 16.4 Å². The van der Waals surface area contributed by atoms with Gasteiger partial charge in [-0.2, -0.15) is 0 Å². The van der Waals surface area contributed by atoms with Crippen LogP contribution in [0, 0.1) is 12.8 Å². The number of halogens is 1. The van der Waals surface area contributed by atoms with Crippen molar-refractivity contribution in [1.29, 1.82) is 0 Å². The molecule has 0 aliphatic rings. The number of nitrogens with one attached hydrogen (secondary N) is 1. The fourth-order valence-corrected chi connectivity index (χ4v) is 4.22. The van der Waals surface area contributed by atoms with Crippen LogP contribution in [0.3, 0.4) is 0 Å². The Labute approximate surface area is 180 Å². The maximum atomic E-state index is 13.4. The van der Waals surface area contributed by atoms with E-state index < -0.39 is 0 Å². The zero-order valence-electron chi connectivity index (χ0n) is 17.0. The molecule has 0 aliphatic heterocycles. The van der Waals surface area contributed by atoms with Gasteiger partial charge in [-0.05, 0) is 25.0 Å². The lowest BCUT2D eigenvalue weighted by atomic mass is 10.0. The summed E-state index contributed by atoms with van der Waals surface area (Å²) < 4.78 is 0. The molecule has 0 saturated carbocycles. The molecule has 3 aromatic rings. The van der Waals surface area contributed by atoms with Gasteiger partial charge in [-0.1, -0.05) is 55.8 Å². The number of likely N-dealkylation sites (N-methyl/N-ethyl adjacent to an activating group) is 1. The second-order valence-electron chi connectivity index (χ2n) is 7.25. The lowest BCUT2D eigenvalue weighted by molar-refractivity contribution is 0.0706. The molecule has 3 rings (SSSR count). The number of carbonyl (C=O) groups excluding carboxylic acids is 1. The Morgan fingerprint density at radius 2 is 1.93 bits per heavy atom. The van der Waals surface area contributed by atoms with Crippen molar-refractivity contribution in [3.63, 3.8) is 0 Å². The van der Waals surface area contributed by atoms with Gasteiger partial charge >= 0.3 is 0 Å². The fourth-order valence-electron chi connectivity index (χ4n) is 3.18. The van der Waals surface area contributed by atoms with E-state index in [1.54, 1.807) is 12.3 Å². The van der Waals surface area contributed by atoms with Gasteiger partial charge in [0.1, 0.15) is 10.7 Å². The van der Waals surface area contributed by atoms with Gasteiger partial charge in [0.25, 0.3) is 5.91 Å². The van der Waals surface area contributed by atoms with Crippen molar-refractivity contribution >= 4 is 34.7 Å². The minimum atomic E-state index is -0.0148. The number of amides is 1. The van der Waals surface area contributed by atoms with Crippen LogP contribution >= 0.6 is 22.9 Å². The summed E-state index contributed by atoms with van der Waals surface area (Å²) in [5, 5.41) is 4.79. The number of benzene rings is 1. The highest BCUT2D eigenvalue weighted by molar-refractivity contribution is 7.14. The zero-order valence-corrected chi connectivity index (χ0v) is 18.6. The van der Waals surface area contributed by atoms with Gasteiger partial charge in [0.15, 0.2) is 0 Å². The second kappa shape index (κ2) is 9.37. The number of pyridine rings is 1. The summed E-state index contributed by atoms with van der Waals surface area (Å²) in [6.45, 7) is 6.75. The Bertz CT molecular complexity index is 957. The first kappa shape index (κ1) is 21.3. The maximum absolute atomic E-state index is 13.4. The van der Waals surface area contributed by atoms with Crippen LogP contribution in [0.2, 0.25) is 5.02 Å². The summed E-state index contributed by atoms with van der Waals surface area (Å²) in [6.07, 6.45) is 1.61. The standard InChI is InChI=1S/C22H25ClN4OS/c1-14(2)18(13-25-19-11-10-17(23)12-24-19)27(4)22(28)21-20(26-15(3)29-21)16-8-6-5-7-9-16/h5-12,14,18H,13H2,1-4H3,(H,24,25). The van der Waals surface area contributed by atoms with Crippen LogP contribution in [0.1, 0.15) is 28.5 Å². The van der Waals surface area contributed by atoms with E-state index in [2.05, 4.69) is 29.1 Å². The van der Waals surface area contributed by atoms with Crippen LogP contribution in [-0.2, 0) is 0 Å². The number of aromatic nitrogens is 2. The maximum Gasteiger partial charge on any atom is 0.266 e. The summed E-state index contributed by atoms with van der Waals surface area (Å²) in [5.41, 5.74) is 1.71. The monoisotopic (exact) mass is 428 g/mol. The predicted octanol–water partition coefficient (Wildman–Crippen LogP) is 5.38. The van der Waals surface area contributed by atoms with E-state index >= 15 is 0 Å². The van der Waals surface area contributed by atoms with Crippen LogP contribution in [0.4, 0.5) is 5.82 Å². The third kappa shape index (κ3) is 5.14. The van der Waals surface area contributed by atoms with Gasteiger partial charge in [0.05, 0.1) is 21.8 Å². The summed E-state index contributed by atoms with van der Waals surface area (Å²) >= 11 is 7.35. The fraction of sp³-hybridized carbons (Fsp3) is 0.318. The predicted molar refractivity (Wildman–Crippen MR) is 121 cm³/mol. The van der Waals surface area contributed by atoms with Crippen LogP contribution in [0.15, 0.2) is 48.7 Å². The zero-order chi connectivity index (χ0) is 21.0. The molecule has 0 saturated heterocycles. The van der Waals surface area contributed by atoms with E-state index in [1.165, 1.54) is 11.3 Å². The van der Waals surface area contributed by atoms with Crippen molar-refractivity contribution in [3.05, 3.63) is 63.6 Å². The molecule has 2 aromatic heterocycles. The number of hydrogen-bond acceptors (Lipinski definition) is 5. The Kier molecular flexibility index (Phi) is 6.87. The first-order chi connectivity index (χ1) is 13.9. The lowest BCUT2D eigenvalue weighted by Crippen LogP contribution is -2.44. The van der Waals surface area contributed by atoms with Crippen LogP contribution < -0.4 is 5.32 Å². The molecule has 2 heterocycles. The SMILES string of the molecule is Cc1nc(-c2ccccc2)c(C(=O)N(C)C(CNc2ccc(Cl)cn2)C(C)C)s1. The van der Waals surface area contributed by atoms with Crippen molar-refractivity contribution in [2.75, 3.05) is 18.9 Å². The van der Waals surface area contributed by atoms with E-state index in [-0.39, 0.29) is 17.9 Å². The van der Waals surface area contributed by atoms with Crippen molar-refractivity contribution < 1.29 is 4.79 Å². The molecule has 1 N–H and O–H groups in total. The average molecular weight is 429 g/mol. The second-order valence-corrected chi connectivity index (χ2v) is 8.89. The van der Waals surface area contributed by atoms with Crippen molar-refractivity contribution in [1.82, 2.24) is 14.9 Å². The molecule has 0 radical (unpaired) electrons. The summed E-state index contributed by atoms with van der Waals surface area (Å²) in [5.74, 6) is 0.983. The third-order valence-corrected chi connectivity index (χ3v) is 5.96. The smallest absolute Gasteiger partial charge is 0.266 e. The molecule has 1 amide bonds. The van der Waals surface area contributed by atoms with Crippen LogP contribution in [-0.4, -0.2) is 40.4 Å². The first-order valence-electron chi connectivity index (χ1n) is 9.52. The molecule has 5 nitrogen and oxygen atoms in total. The molecule has 7 heteroatoms. The van der Waals surface area contributed by atoms with Crippen molar-refractivity contribution in [2.24, 2.45) is 5.92 Å². The number of hydrogen-bond donors (Lipinski definition) is 1. The molecular weight excluding hydrogens is 404 g/mol. The topological polar surface area (TPSA) is 58.1 Å². The number of aryl methyl sites for hydroxylation is 1. The highest BCUT2D eigenvalue weighted by atomic mass is 35.5. The minimum Gasteiger partial charge on any atom is -0.368 e. The first-order valence-corrected chi connectivity index (χ1v) is 10.7. The van der Waals surface area contributed by atoms with Gasteiger partial charge in [-0.15, -0.1) is 11.3 Å². The number of nitrogens with zero attached hydrogens (tertiary/aromatic N) is 3. The van der Waals surface area contributed by atoms with Crippen LogP contribution in [0.25, 0.3) is 11.3 Å². The van der Waals surface area contributed by atoms with Gasteiger partial charge in [-0.25, -0.2) is 9.97 Å². The molecule has 152 valence electrons.